The highest BCUT2D eigenvalue weighted by Crippen LogP contribution is 2.17. The molecule has 140 valence electrons. The number of para-hydroxylation sites is 1. The van der Waals surface area contributed by atoms with Crippen LogP contribution in [-0.2, 0) is 0 Å². The summed E-state index contributed by atoms with van der Waals surface area (Å²) in [6.45, 7) is 0. The van der Waals surface area contributed by atoms with Gasteiger partial charge >= 0.3 is 0 Å². The Morgan fingerprint density at radius 3 is 2.43 bits per heavy atom. The summed E-state index contributed by atoms with van der Waals surface area (Å²) in [5.41, 5.74) is 3.68. The fourth-order valence-corrected chi connectivity index (χ4v) is 2.40. The number of benzene rings is 3. The molecule has 7 heteroatoms. The van der Waals surface area contributed by atoms with Crippen LogP contribution in [0.3, 0.4) is 0 Å². The number of carbonyl (C=O) groups excluding carboxylic acids is 2. The average molecular weight is 377 g/mol. The van der Waals surface area contributed by atoms with Gasteiger partial charge in [-0.05, 0) is 60.2 Å². The Morgan fingerprint density at radius 1 is 0.929 bits per heavy atom. The molecule has 28 heavy (non-hydrogen) atoms. The van der Waals surface area contributed by atoms with Crippen molar-refractivity contribution in [2.24, 2.45) is 5.10 Å². The Hall–Kier alpha value is -4.00. The third-order valence-corrected chi connectivity index (χ3v) is 3.78. The maximum absolute atomic E-state index is 13.3. The number of hydrogen-bond donors (Lipinski definition) is 3. The SMILES string of the molecule is O=C(Nc1ccccc1C(=O)NN=Cc1ccc(O)cc1)c1cccc(F)c1. The van der Waals surface area contributed by atoms with Gasteiger partial charge in [0.05, 0.1) is 17.5 Å². The van der Waals surface area contributed by atoms with Gasteiger partial charge in [-0.2, -0.15) is 5.10 Å². The van der Waals surface area contributed by atoms with Crippen molar-refractivity contribution in [1.29, 1.82) is 0 Å². The molecule has 0 aliphatic carbocycles. The first-order valence-electron chi connectivity index (χ1n) is 8.31. The smallest absolute Gasteiger partial charge is 0.273 e. The number of hydrazone groups is 1. The number of aromatic hydroxyl groups is 1. The summed E-state index contributed by atoms with van der Waals surface area (Å²) in [6, 6.07) is 17.9. The Balaban J connectivity index is 1.71. The van der Waals surface area contributed by atoms with Gasteiger partial charge < -0.3 is 10.4 Å². The second-order valence-corrected chi connectivity index (χ2v) is 5.80. The van der Waals surface area contributed by atoms with Gasteiger partial charge in [-0.3, -0.25) is 9.59 Å². The fourth-order valence-electron chi connectivity index (χ4n) is 2.40. The van der Waals surface area contributed by atoms with Gasteiger partial charge in [-0.25, -0.2) is 9.82 Å². The van der Waals surface area contributed by atoms with Crippen LogP contribution in [0.15, 0.2) is 77.9 Å². The largest absolute Gasteiger partial charge is 0.508 e. The standard InChI is InChI=1S/C21H16FN3O3/c22-16-5-3-4-15(12-16)20(27)24-19-7-2-1-6-18(19)21(28)25-23-13-14-8-10-17(26)11-9-14/h1-13,26H,(H,24,27)(H,25,28). The van der Waals surface area contributed by atoms with Crippen LogP contribution >= 0.6 is 0 Å². The van der Waals surface area contributed by atoms with Crippen LogP contribution in [0.2, 0.25) is 0 Å². The summed E-state index contributed by atoms with van der Waals surface area (Å²) in [7, 11) is 0. The van der Waals surface area contributed by atoms with Gasteiger partial charge in [-0.15, -0.1) is 0 Å². The zero-order valence-corrected chi connectivity index (χ0v) is 14.6. The normalized spacial score (nSPS) is 10.6. The summed E-state index contributed by atoms with van der Waals surface area (Å²) in [4.78, 5) is 24.7. The molecule has 3 aromatic rings. The van der Waals surface area contributed by atoms with Gasteiger partial charge in [0.25, 0.3) is 11.8 Å². The predicted octanol–water partition coefficient (Wildman–Crippen LogP) is 3.55. The molecule has 0 aromatic heterocycles. The lowest BCUT2D eigenvalue weighted by molar-refractivity contribution is 0.0956. The van der Waals surface area contributed by atoms with Gasteiger partial charge in [0.15, 0.2) is 0 Å². The van der Waals surface area contributed by atoms with E-state index in [0.29, 0.717) is 5.56 Å². The predicted molar refractivity (Wildman–Crippen MR) is 104 cm³/mol. The van der Waals surface area contributed by atoms with E-state index in [0.717, 1.165) is 6.07 Å². The maximum Gasteiger partial charge on any atom is 0.273 e. The lowest BCUT2D eigenvalue weighted by atomic mass is 10.1. The number of anilines is 1. The van der Waals surface area contributed by atoms with Crippen LogP contribution in [0, 0.1) is 5.82 Å². The molecule has 0 aliphatic rings. The molecule has 0 atom stereocenters. The van der Waals surface area contributed by atoms with Crippen molar-refractivity contribution in [3.63, 3.8) is 0 Å². The van der Waals surface area contributed by atoms with Gasteiger partial charge in [0.2, 0.25) is 0 Å². The zero-order valence-electron chi connectivity index (χ0n) is 14.6. The first kappa shape index (κ1) is 18.8. The van der Waals surface area contributed by atoms with E-state index in [1.165, 1.54) is 42.6 Å². The molecule has 0 unspecified atom stereocenters. The van der Waals surface area contributed by atoms with E-state index in [2.05, 4.69) is 15.8 Å². The number of phenolic OH excluding ortho intramolecular Hbond substituents is 1. The molecule has 0 spiro atoms. The number of nitrogens with zero attached hydrogens (tertiary/aromatic N) is 1. The Morgan fingerprint density at radius 2 is 1.68 bits per heavy atom. The van der Waals surface area contributed by atoms with Gasteiger partial charge in [0.1, 0.15) is 11.6 Å². The second-order valence-electron chi connectivity index (χ2n) is 5.80. The van der Waals surface area contributed by atoms with Crippen molar-refractivity contribution < 1.29 is 19.1 Å². The molecule has 3 rings (SSSR count). The van der Waals surface area contributed by atoms with E-state index in [-0.39, 0.29) is 22.6 Å². The molecule has 0 radical (unpaired) electrons. The van der Waals surface area contributed by atoms with Gasteiger partial charge in [0, 0.05) is 5.56 Å². The maximum atomic E-state index is 13.3. The lowest BCUT2D eigenvalue weighted by Gasteiger charge is -2.10. The van der Waals surface area contributed by atoms with Crippen LogP contribution < -0.4 is 10.7 Å². The van der Waals surface area contributed by atoms with E-state index in [9.17, 15) is 19.1 Å². The highest BCUT2D eigenvalue weighted by atomic mass is 19.1. The lowest BCUT2D eigenvalue weighted by Crippen LogP contribution is -2.21. The van der Waals surface area contributed by atoms with E-state index < -0.39 is 17.6 Å². The molecule has 6 nitrogen and oxygen atoms in total. The number of phenols is 1. The molecular formula is C21H16FN3O3. The molecule has 0 saturated heterocycles. The molecule has 3 aromatic carbocycles. The molecule has 0 fully saturated rings. The Labute approximate surface area is 160 Å². The number of rotatable bonds is 5. The monoisotopic (exact) mass is 377 g/mol. The molecular weight excluding hydrogens is 361 g/mol. The van der Waals surface area contributed by atoms with Crippen LogP contribution in [0.25, 0.3) is 0 Å². The van der Waals surface area contributed by atoms with Crippen molar-refractivity contribution in [3.05, 3.63) is 95.3 Å². The zero-order chi connectivity index (χ0) is 19.9. The fraction of sp³-hybridized carbons (Fsp3) is 0. The second kappa shape index (κ2) is 8.59. The highest BCUT2D eigenvalue weighted by Gasteiger charge is 2.14. The first-order chi connectivity index (χ1) is 13.5. The van der Waals surface area contributed by atoms with Crippen LogP contribution in [0.5, 0.6) is 5.75 Å². The molecule has 0 heterocycles. The molecule has 0 saturated carbocycles. The number of amides is 2. The van der Waals surface area contributed by atoms with Crippen LogP contribution in [0.4, 0.5) is 10.1 Å². The van der Waals surface area contributed by atoms with Crippen LogP contribution in [0.1, 0.15) is 26.3 Å². The summed E-state index contributed by atoms with van der Waals surface area (Å²) in [6.07, 6.45) is 1.42. The number of hydrogen-bond acceptors (Lipinski definition) is 4. The molecule has 0 aliphatic heterocycles. The van der Waals surface area contributed by atoms with Crippen molar-refractivity contribution >= 4 is 23.7 Å². The van der Waals surface area contributed by atoms with Crippen molar-refractivity contribution in [2.75, 3.05) is 5.32 Å². The van der Waals surface area contributed by atoms with Crippen LogP contribution in [-0.4, -0.2) is 23.1 Å². The third kappa shape index (κ3) is 4.79. The molecule has 3 N–H and O–H groups in total. The number of nitrogens with one attached hydrogen (secondary N) is 2. The summed E-state index contributed by atoms with van der Waals surface area (Å²) in [5, 5.41) is 15.7. The van der Waals surface area contributed by atoms with Crippen molar-refractivity contribution in [2.45, 2.75) is 0 Å². The minimum Gasteiger partial charge on any atom is -0.508 e. The summed E-state index contributed by atoms with van der Waals surface area (Å²) in [5.74, 6) is -1.45. The summed E-state index contributed by atoms with van der Waals surface area (Å²) >= 11 is 0. The topological polar surface area (TPSA) is 90.8 Å². The summed E-state index contributed by atoms with van der Waals surface area (Å²) < 4.78 is 13.3. The minimum absolute atomic E-state index is 0.129. The van der Waals surface area contributed by atoms with E-state index in [1.54, 1.807) is 30.3 Å². The average Bonchev–Trinajstić information content (AvgIpc) is 2.70. The van der Waals surface area contributed by atoms with Gasteiger partial charge in [-0.1, -0.05) is 18.2 Å². The quantitative estimate of drug-likeness (QED) is 0.469. The Bertz CT molecular complexity index is 1030. The number of carbonyl (C=O) groups is 2. The first-order valence-corrected chi connectivity index (χ1v) is 8.31. The highest BCUT2D eigenvalue weighted by molar-refractivity contribution is 6.09. The van der Waals surface area contributed by atoms with Crippen molar-refractivity contribution in [3.8, 4) is 5.75 Å². The number of halogens is 1. The Kier molecular flexibility index (Phi) is 5.76. The van der Waals surface area contributed by atoms with E-state index >= 15 is 0 Å². The molecule has 0 bridgehead atoms. The van der Waals surface area contributed by atoms with E-state index in [4.69, 9.17) is 0 Å². The third-order valence-electron chi connectivity index (χ3n) is 3.78. The minimum atomic E-state index is -0.535. The van der Waals surface area contributed by atoms with E-state index in [1.807, 2.05) is 0 Å². The molecule has 2 amide bonds. The van der Waals surface area contributed by atoms with Crippen molar-refractivity contribution in [1.82, 2.24) is 5.43 Å².